The number of hydrogen-bond donors (Lipinski definition) is 0. The van der Waals surface area contributed by atoms with Gasteiger partial charge in [0.1, 0.15) is 0 Å². The fourth-order valence-corrected chi connectivity index (χ4v) is 1.19. The molecule has 0 unspecified atom stereocenters. The maximum absolute atomic E-state index is 4.98. The van der Waals surface area contributed by atoms with E-state index in [9.17, 15) is 0 Å². The molecule has 0 atom stereocenters. The monoisotopic (exact) mass is 126 g/mol. The number of ether oxygens (including phenoxy) is 1. The summed E-state index contributed by atoms with van der Waals surface area (Å²) in [7, 11) is 1.77. The van der Waals surface area contributed by atoms with Crippen LogP contribution in [0, 0.1) is 5.92 Å². The van der Waals surface area contributed by atoms with Crippen molar-refractivity contribution in [3.05, 3.63) is 12.2 Å². The zero-order valence-electron chi connectivity index (χ0n) is 5.97. The average molecular weight is 126 g/mol. The van der Waals surface area contributed by atoms with E-state index in [1.165, 1.54) is 19.3 Å². The molecule has 1 heteroatoms. The van der Waals surface area contributed by atoms with Gasteiger partial charge in [0.15, 0.2) is 0 Å². The Hall–Kier alpha value is -0.300. The molecule has 1 aliphatic carbocycles. The van der Waals surface area contributed by atoms with Crippen molar-refractivity contribution in [1.29, 1.82) is 0 Å². The highest BCUT2D eigenvalue weighted by Crippen LogP contribution is 2.20. The molecule has 0 N–H and O–H groups in total. The van der Waals surface area contributed by atoms with Crippen molar-refractivity contribution < 1.29 is 4.74 Å². The molecule has 0 aromatic heterocycles. The molecule has 0 saturated carbocycles. The van der Waals surface area contributed by atoms with Gasteiger partial charge in [0.05, 0.1) is 0 Å². The zero-order valence-corrected chi connectivity index (χ0v) is 5.97. The lowest BCUT2D eigenvalue weighted by Gasteiger charge is -2.05. The molecule has 1 nitrogen and oxygen atoms in total. The first-order valence-electron chi connectivity index (χ1n) is 3.57. The van der Waals surface area contributed by atoms with E-state index < -0.39 is 0 Å². The van der Waals surface area contributed by atoms with E-state index in [0.717, 1.165) is 12.5 Å². The van der Waals surface area contributed by atoms with Crippen molar-refractivity contribution in [3.63, 3.8) is 0 Å². The second kappa shape index (κ2) is 3.67. The largest absolute Gasteiger partial charge is 0.385 e. The molecule has 9 heavy (non-hydrogen) atoms. The van der Waals surface area contributed by atoms with Gasteiger partial charge in [-0.05, 0) is 25.2 Å². The van der Waals surface area contributed by atoms with Gasteiger partial charge in [-0.25, -0.2) is 0 Å². The second-order valence-corrected chi connectivity index (χ2v) is 2.59. The molecule has 0 spiro atoms. The number of methoxy groups -OCH3 is 1. The van der Waals surface area contributed by atoms with Crippen molar-refractivity contribution in [2.45, 2.75) is 19.3 Å². The zero-order chi connectivity index (χ0) is 6.53. The van der Waals surface area contributed by atoms with Crippen molar-refractivity contribution in [2.24, 2.45) is 5.92 Å². The van der Waals surface area contributed by atoms with Crippen LogP contribution < -0.4 is 0 Å². The fraction of sp³-hybridized carbons (Fsp3) is 0.750. The van der Waals surface area contributed by atoms with E-state index >= 15 is 0 Å². The molecular formula is C8H14O. The molecule has 0 aliphatic heterocycles. The SMILES string of the molecule is COCCC1CC=CC1. The third kappa shape index (κ3) is 2.19. The van der Waals surface area contributed by atoms with Crippen LogP contribution in [0.3, 0.4) is 0 Å². The van der Waals surface area contributed by atoms with Crippen LogP contribution in [-0.4, -0.2) is 13.7 Å². The van der Waals surface area contributed by atoms with E-state index in [0.29, 0.717) is 0 Å². The molecule has 0 fully saturated rings. The number of allylic oxidation sites excluding steroid dienone is 2. The normalized spacial score (nSPS) is 19.2. The Labute approximate surface area is 56.7 Å². The van der Waals surface area contributed by atoms with Crippen LogP contribution in [0.5, 0.6) is 0 Å². The molecule has 0 amide bonds. The minimum Gasteiger partial charge on any atom is -0.385 e. The number of hydrogen-bond acceptors (Lipinski definition) is 1. The Balaban J connectivity index is 2.01. The second-order valence-electron chi connectivity index (χ2n) is 2.59. The highest BCUT2D eigenvalue weighted by Gasteiger charge is 2.08. The van der Waals surface area contributed by atoms with E-state index in [4.69, 9.17) is 4.74 Å². The van der Waals surface area contributed by atoms with Crippen LogP contribution in [0.2, 0.25) is 0 Å². The summed E-state index contributed by atoms with van der Waals surface area (Å²) in [5.41, 5.74) is 0. The van der Waals surface area contributed by atoms with Gasteiger partial charge < -0.3 is 4.74 Å². The summed E-state index contributed by atoms with van der Waals surface area (Å²) >= 11 is 0. The van der Waals surface area contributed by atoms with Gasteiger partial charge in [-0.3, -0.25) is 0 Å². The third-order valence-electron chi connectivity index (χ3n) is 1.84. The van der Waals surface area contributed by atoms with Gasteiger partial charge >= 0.3 is 0 Å². The molecule has 0 radical (unpaired) electrons. The first-order chi connectivity index (χ1) is 4.43. The summed E-state index contributed by atoms with van der Waals surface area (Å²) in [5.74, 6) is 0.880. The lowest BCUT2D eigenvalue weighted by atomic mass is 10.0. The Bertz CT molecular complexity index is 88.7. The summed E-state index contributed by atoms with van der Waals surface area (Å²) in [5, 5.41) is 0. The minimum absolute atomic E-state index is 0.880. The smallest absolute Gasteiger partial charge is 0.0465 e. The maximum Gasteiger partial charge on any atom is 0.0465 e. The molecule has 0 bridgehead atoms. The predicted octanol–water partition coefficient (Wildman–Crippen LogP) is 1.99. The van der Waals surface area contributed by atoms with Crippen LogP contribution in [0.15, 0.2) is 12.2 Å². The molecular weight excluding hydrogens is 112 g/mol. The highest BCUT2D eigenvalue weighted by atomic mass is 16.5. The molecule has 0 heterocycles. The summed E-state index contributed by atoms with van der Waals surface area (Å²) in [6.07, 6.45) is 8.29. The van der Waals surface area contributed by atoms with Crippen LogP contribution in [-0.2, 0) is 4.74 Å². The molecule has 0 saturated heterocycles. The van der Waals surface area contributed by atoms with Gasteiger partial charge in [-0.2, -0.15) is 0 Å². The van der Waals surface area contributed by atoms with Crippen LogP contribution in [0.25, 0.3) is 0 Å². The summed E-state index contributed by atoms with van der Waals surface area (Å²) in [6, 6.07) is 0. The van der Waals surface area contributed by atoms with Gasteiger partial charge in [0, 0.05) is 13.7 Å². The van der Waals surface area contributed by atoms with Gasteiger partial charge in [0.2, 0.25) is 0 Å². The first-order valence-corrected chi connectivity index (χ1v) is 3.57. The van der Waals surface area contributed by atoms with Crippen LogP contribution >= 0.6 is 0 Å². The third-order valence-corrected chi connectivity index (χ3v) is 1.84. The molecule has 1 aliphatic rings. The topological polar surface area (TPSA) is 9.23 Å². The van der Waals surface area contributed by atoms with Gasteiger partial charge in [-0.15, -0.1) is 0 Å². The Kier molecular flexibility index (Phi) is 2.78. The quantitative estimate of drug-likeness (QED) is 0.525. The van der Waals surface area contributed by atoms with Gasteiger partial charge in [0.25, 0.3) is 0 Å². The molecule has 1 rings (SSSR count). The Morgan fingerprint density at radius 1 is 1.44 bits per heavy atom. The van der Waals surface area contributed by atoms with E-state index in [2.05, 4.69) is 12.2 Å². The summed E-state index contributed by atoms with van der Waals surface area (Å²) in [4.78, 5) is 0. The predicted molar refractivity (Wildman–Crippen MR) is 38.4 cm³/mol. The van der Waals surface area contributed by atoms with E-state index in [-0.39, 0.29) is 0 Å². The molecule has 0 aromatic carbocycles. The van der Waals surface area contributed by atoms with Crippen molar-refractivity contribution in [2.75, 3.05) is 13.7 Å². The van der Waals surface area contributed by atoms with Crippen molar-refractivity contribution in [3.8, 4) is 0 Å². The van der Waals surface area contributed by atoms with Gasteiger partial charge in [-0.1, -0.05) is 12.2 Å². The van der Waals surface area contributed by atoms with Crippen LogP contribution in [0.1, 0.15) is 19.3 Å². The molecule has 0 aromatic rings. The maximum atomic E-state index is 4.98. The lowest BCUT2D eigenvalue weighted by Crippen LogP contribution is -1.98. The van der Waals surface area contributed by atoms with Crippen molar-refractivity contribution >= 4 is 0 Å². The summed E-state index contributed by atoms with van der Waals surface area (Å²) in [6.45, 7) is 0.923. The first kappa shape index (κ1) is 6.81. The fourth-order valence-electron chi connectivity index (χ4n) is 1.19. The highest BCUT2D eigenvalue weighted by molar-refractivity contribution is 4.93. The number of rotatable bonds is 3. The van der Waals surface area contributed by atoms with E-state index in [1.54, 1.807) is 7.11 Å². The van der Waals surface area contributed by atoms with Crippen molar-refractivity contribution in [1.82, 2.24) is 0 Å². The Morgan fingerprint density at radius 2 is 2.11 bits per heavy atom. The van der Waals surface area contributed by atoms with E-state index in [1.807, 2.05) is 0 Å². The standard InChI is InChI=1S/C8H14O/c1-9-7-6-8-4-2-3-5-8/h2-3,8H,4-7H2,1H3. The van der Waals surface area contributed by atoms with Crippen LogP contribution in [0.4, 0.5) is 0 Å². The minimum atomic E-state index is 0.880. The summed E-state index contributed by atoms with van der Waals surface area (Å²) < 4.78 is 4.98. The lowest BCUT2D eigenvalue weighted by molar-refractivity contribution is 0.179. The molecule has 52 valence electrons. The average Bonchev–Trinajstić information content (AvgIpc) is 2.34. The Morgan fingerprint density at radius 3 is 2.67 bits per heavy atom.